The molecule has 1 amide bonds. The van der Waals surface area contributed by atoms with Crippen LogP contribution in [-0.2, 0) is 9.53 Å². The third-order valence-electron chi connectivity index (χ3n) is 3.24. The van der Waals surface area contributed by atoms with Crippen molar-refractivity contribution in [1.29, 1.82) is 0 Å². The molecular formula is C18H17Cl2NO5. The number of hydrogen-bond acceptors (Lipinski definition) is 5. The highest BCUT2D eigenvalue weighted by Gasteiger charge is 2.14. The zero-order valence-corrected chi connectivity index (χ0v) is 15.7. The number of amides is 1. The summed E-state index contributed by atoms with van der Waals surface area (Å²) in [5.41, 5.74) is 0.695. The highest BCUT2D eigenvalue weighted by Crippen LogP contribution is 2.28. The molecule has 0 atom stereocenters. The van der Waals surface area contributed by atoms with Gasteiger partial charge in [-0.2, -0.15) is 0 Å². The fraction of sp³-hybridized carbons (Fsp3) is 0.222. The van der Waals surface area contributed by atoms with E-state index in [4.69, 9.17) is 37.4 Å². The summed E-state index contributed by atoms with van der Waals surface area (Å²) >= 11 is 11.7. The summed E-state index contributed by atoms with van der Waals surface area (Å²) in [4.78, 5) is 24.0. The van der Waals surface area contributed by atoms with E-state index >= 15 is 0 Å². The number of esters is 1. The van der Waals surface area contributed by atoms with E-state index in [1.54, 1.807) is 18.2 Å². The number of ether oxygens (including phenoxy) is 3. The van der Waals surface area contributed by atoms with Crippen LogP contribution in [0.25, 0.3) is 0 Å². The number of hydrogen-bond donors (Lipinski definition) is 1. The average Bonchev–Trinajstić information content (AvgIpc) is 2.63. The van der Waals surface area contributed by atoms with E-state index in [2.05, 4.69) is 5.32 Å². The van der Waals surface area contributed by atoms with Gasteiger partial charge in [0.2, 0.25) is 0 Å². The van der Waals surface area contributed by atoms with Gasteiger partial charge in [0.25, 0.3) is 5.91 Å². The van der Waals surface area contributed by atoms with Gasteiger partial charge in [0.1, 0.15) is 0 Å². The van der Waals surface area contributed by atoms with E-state index in [0.29, 0.717) is 33.8 Å². The van der Waals surface area contributed by atoms with Crippen LogP contribution in [0.2, 0.25) is 10.0 Å². The summed E-state index contributed by atoms with van der Waals surface area (Å²) in [7, 11) is 1.50. The van der Waals surface area contributed by atoms with Crippen LogP contribution in [-0.4, -0.2) is 32.2 Å². The Kier molecular flexibility index (Phi) is 7.12. The first-order valence-corrected chi connectivity index (χ1v) is 8.43. The lowest BCUT2D eigenvalue weighted by Gasteiger charge is -2.11. The molecule has 0 saturated carbocycles. The molecule has 0 saturated heterocycles. The summed E-state index contributed by atoms with van der Waals surface area (Å²) in [6.45, 7) is 1.79. The average molecular weight is 398 g/mol. The summed E-state index contributed by atoms with van der Waals surface area (Å²) in [5.74, 6) is -0.237. The van der Waals surface area contributed by atoms with E-state index in [1.807, 2.05) is 6.92 Å². The van der Waals surface area contributed by atoms with Crippen molar-refractivity contribution in [3.63, 3.8) is 0 Å². The van der Waals surface area contributed by atoms with Crippen molar-refractivity contribution in [3.8, 4) is 11.5 Å². The second kappa shape index (κ2) is 9.31. The van der Waals surface area contributed by atoms with E-state index < -0.39 is 18.5 Å². The lowest BCUT2D eigenvalue weighted by molar-refractivity contribution is -0.119. The SMILES string of the molecule is CCOc1cc(C(=O)OCC(=O)Nc2ccc(Cl)c(Cl)c2)ccc1OC. The topological polar surface area (TPSA) is 73.9 Å². The van der Waals surface area contributed by atoms with Gasteiger partial charge in [-0.1, -0.05) is 23.2 Å². The van der Waals surface area contributed by atoms with Crippen LogP contribution in [0.1, 0.15) is 17.3 Å². The van der Waals surface area contributed by atoms with E-state index in [1.165, 1.54) is 25.3 Å². The molecular weight excluding hydrogens is 381 g/mol. The number of carbonyl (C=O) groups excluding carboxylic acids is 2. The van der Waals surface area contributed by atoms with Crippen molar-refractivity contribution >= 4 is 40.8 Å². The molecule has 2 rings (SSSR count). The maximum Gasteiger partial charge on any atom is 0.338 e. The number of halogens is 2. The molecule has 138 valence electrons. The van der Waals surface area contributed by atoms with Gasteiger partial charge in [-0.3, -0.25) is 4.79 Å². The fourth-order valence-electron chi connectivity index (χ4n) is 2.06. The van der Waals surface area contributed by atoms with Crippen molar-refractivity contribution in [2.75, 3.05) is 25.6 Å². The van der Waals surface area contributed by atoms with Crippen molar-refractivity contribution in [2.24, 2.45) is 0 Å². The Morgan fingerprint density at radius 3 is 2.46 bits per heavy atom. The molecule has 0 spiro atoms. The van der Waals surface area contributed by atoms with Crippen LogP contribution in [0.4, 0.5) is 5.69 Å². The first-order valence-electron chi connectivity index (χ1n) is 7.67. The number of carbonyl (C=O) groups is 2. The third kappa shape index (κ3) is 5.28. The maximum atomic E-state index is 12.1. The maximum absolute atomic E-state index is 12.1. The Bertz CT molecular complexity index is 810. The van der Waals surface area contributed by atoms with Gasteiger partial charge in [-0.25, -0.2) is 4.79 Å². The number of anilines is 1. The molecule has 0 aliphatic carbocycles. The second-order valence-electron chi connectivity index (χ2n) is 5.05. The van der Waals surface area contributed by atoms with Crippen LogP contribution >= 0.6 is 23.2 Å². The van der Waals surface area contributed by atoms with Gasteiger partial charge in [0, 0.05) is 5.69 Å². The number of benzene rings is 2. The fourth-order valence-corrected chi connectivity index (χ4v) is 2.36. The molecule has 0 bridgehead atoms. The highest BCUT2D eigenvalue weighted by atomic mass is 35.5. The van der Waals surface area contributed by atoms with Crippen LogP contribution < -0.4 is 14.8 Å². The predicted molar refractivity (Wildman–Crippen MR) is 99.5 cm³/mol. The smallest absolute Gasteiger partial charge is 0.338 e. The van der Waals surface area contributed by atoms with Crippen LogP contribution in [0.5, 0.6) is 11.5 Å². The molecule has 0 unspecified atom stereocenters. The summed E-state index contributed by atoms with van der Waals surface area (Å²) in [6.07, 6.45) is 0. The number of rotatable bonds is 7. The molecule has 1 N–H and O–H groups in total. The zero-order valence-electron chi connectivity index (χ0n) is 14.2. The van der Waals surface area contributed by atoms with Gasteiger partial charge in [-0.15, -0.1) is 0 Å². The molecule has 0 aromatic heterocycles. The van der Waals surface area contributed by atoms with Gasteiger partial charge < -0.3 is 19.5 Å². The molecule has 0 radical (unpaired) electrons. The first-order chi connectivity index (χ1) is 12.4. The van der Waals surface area contributed by atoms with Gasteiger partial charge in [-0.05, 0) is 43.3 Å². The Morgan fingerprint density at radius 2 is 1.81 bits per heavy atom. The first kappa shape index (κ1) is 19.9. The molecule has 0 aliphatic heterocycles. The summed E-state index contributed by atoms with van der Waals surface area (Å²) in [6, 6.07) is 9.27. The second-order valence-corrected chi connectivity index (χ2v) is 5.87. The largest absolute Gasteiger partial charge is 0.493 e. The highest BCUT2D eigenvalue weighted by molar-refractivity contribution is 6.42. The molecule has 6 nitrogen and oxygen atoms in total. The van der Waals surface area contributed by atoms with Crippen LogP contribution in [0.3, 0.4) is 0 Å². The van der Waals surface area contributed by atoms with E-state index in [-0.39, 0.29) is 5.56 Å². The van der Waals surface area contributed by atoms with E-state index in [0.717, 1.165) is 0 Å². The lowest BCUT2D eigenvalue weighted by Crippen LogP contribution is -2.21. The Morgan fingerprint density at radius 1 is 1.04 bits per heavy atom. The van der Waals surface area contributed by atoms with E-state index in [9.17, 15) is 9.59 Å². The molecule has 0 fully saturated rings. The molecule has 26 heavy (non-hydrogen) atoms. The zero-order chi connectivity index (χ0) is 19.1. The van der Waals surface area contributed by atoms with Gasteiger partial charge in [0.15, 0.2) is 18.1 Å². The van der Waals surface area contributed by atoms with Crippen LogP contribution in [0, 0.1) is 0 Å². The predicted octanol–water partition coefficient (Wildman–Crippen LogP) is 4.20. The molecule has 0 heterocycles. The minimum atomic E-state index is -0.655. The Labute approximate surface area is 160 Å². The summed E-state index contributed by atoms with van der Waals surface area (Å²) < 4.78 is 15.6. The minimum Gasteiger partial charge on any atom is -0.493 e. The lowest BCUT2D eigenvalue weighted by atomic mass is 10.2. The standard InChI is InChI=1S/C18H17Cl2NO5/c1-3-25-16-8-11(4-7-15(16)24-2)18(23)26-10-17(22)21-12-5-6-13(19)14(20)9-12/h4-9H,3,10H2,1-2H3,(H,21,22). The Hall–Kier alpha value is -2.44. The third-order valence-corrected chi connectivity index (χ3v) is 3.98. The molecule has 8 heteroatoms. The van der Waals surface area contributed by atoms with Gasteiger partial charge in [0.05, 0.1) is 29.3 Å². The molecule has 2 aromatic rings. The van der Waals surface area contributed by atoms with Crippen LogP contribution in [0.15, 0.2) is 36.4 Å². The minimum absolute atomic E-state index is 0.247. The van der Waals surface area contributed by atoms with Gasteiger partial charge >= 0.3 is 5.97 Å². The Balaban J connectivity index is 1.96. The van der Waals surface area contributed by atoms with Crippen molar-refractivity contribution in [2.45, 2.75) is 6.92 Å². The normalized spacial score (nSPS) is 10.2. The van der Waals surface area contributed by atoms with Crippen molar-refractivity contribution in [1.82, 2.24) is 0 Å². The van der Waals surface area contributed by atoms with Crippen molar-refractivity contribution < 1.29 is 23.8 Å². The van der Waals surface area contributed by atoms with Crippen molar-refractivity contribution in [3.05, 3.63) is 52.0 Å². The quantitative estimate of drug-likeness (QED) is 0.708. The number of methoxy groups -OCH3 is 1. The number of nitrogens with one attached hydrogen (secondary N) is 1. The molecule has 0 aliphatic rings. The monoisotopic (exact) mass is 397 g/mol. The summed E-state index contributed by atoms with van der Waals surface area (Å²) in [5, 5.41) is 3.25. The molecule has 2 aromatic carbocycles.